The van der Waals surface area contributed by atoms with Crippen molar-refractivity contribution in [3.63, 3.8) is 0 Å². The summed E-state index contributed by atoms with van der Waals surface area (Å²) in [5.41, 5.74) is 7.56. The van der Waals surface area contributed by atoms with E-state index in [1.165, 1.54) is 5.52 Å². The minimum absolute atomic E-state index is 0.281. The van der Waals surface area contributed by atoms with Crippen molar-refractivity contribution in [1.82, 2.24) is 9.47 Å². The monoisotopic (exact) mass is 301 g/mol. The summed E-state index contributed by atoms with van der Waals surface area (Å²) in [6, 6.07) is 8.21. The molecule has 118 valence electrons. The summed E-state index contributed by atoms with van der Waals surface area (Å²) in [6.45, 7) is 5.78. The number of rotatable bonds is 6. The van der Waals surface area contributed by atoms with Gasteiger partial charge in [-0.15, -0.1) is 0 Å². The minimum atomic E-state index is -0.281. The van der Waals surface area contributed by atoms with Crippen LogP contribution in [0.5, 0.6) is 0 Å². The van der Waals surface area contributed by atoms with Crippen molar-refractivity contribution >= 4 is 16.8 Å². The van der Waals surface area contributed by atoms with Crippen LogP contribution in [0.25, 0.3) is 10.9 Å². The van der Waals surface area contributed by atoms with E-state index in [-0.39, 0.29) is 5.91 Å². The average molecular weight is 301 g/mol. The number of fused-ring (bicyclic) bond motifs is 1. The number of nitrogens with zero attached hydrogens (tertiary/aromatic N) is 2. The van der Waals surface area contributed by atoms with Crippen LogP contribution < -0.4 is 5.73 Å². The Morgan fingerprint density at radius 2 is 1.95 bits per heavy atom. The first-order chi connectivity index (χ1) is 10.7. The molecule has 1 fully saturated rings. The highest BCUT2D eigenvalue weighted by Gasteiger charge is 2.12. The normalized spacial score (nSPS) is 16.2. The Morgan fingerprint density at radius 1 is 1.18 bits per heavy atom. The molecule has 0 bridgehead atoms. The van der Waals surface area contributed by atoms with Gasteiger partial charge in [-0.3, -0.25) is 9.69 Å². The van der Waals surface area contributed by atoms with E-state index < -0.39 is 0 Å². The number of amides is 1. The Kier molecular flexibility index (Phi) is 4.75. The maximum absolute atomic E-state index is 11.2. The van der Waals surface area contributed by atoms with Crippen LogP contribution in [0.3, 0.4) is 0 Å². The summed E-state index contributed by atoms with van der Waals surface area (Å²) in [6.07, 6.45) is 3.47. The highest BCUT2D eigenvalue weighted by atomic mass is 16.5. The third kappa shape index (κ3) is 3.48. The van der Waals surface area contributed by atoms with Gasteiger partial charge >= 0.3 is 0 Å². The van der Waals surface area contributed by atoms with Crippen molar-refractivity contribution in [1.29, 1.82) is 0 Å². The SMILES string of the molecule is NC(=O)Cc1cn(CCCN2CCOCC2)c2ccccc12. The number of nitrogens with two attached hydrogens (primary N) is 1. The molecular weight excluding hydrogens is 278 g/mol. The van der Waals surface area contributed by atoms with Crippen molar-refractivity contribution in [2.75, 3.05) is 32.8 Å². The second kappa shape index (κ2) is 6.94. The quantitative estimate of drug-likeness (QED) is 0.877. The van der Waals surface area contributed by atoms with Crippen LogP contribution in [0.4, 0.5) is 0 Å². The number of benzene rings is 1. The predicted octanol–water partition coefficient (Wildman–Crippen LogP) is 1.39. The molecule has 3 rings (SSSR count). The van der Waals surface area contributed by atoms with E-state index in [0.29, 0.717) is 6.42 Å². The number of hydrogen-bond acceptors (Lipinski definition) is 3. The van der Waals surface area contributed by atoms with Gasteiger partial charge in [0.1, 0.15) is 0 Å². The van der Waals surface area contributed by atoms with Gasteiger partial charge < -0.3 is 15.0 Å². The molecule has 0 aliphatic carbocycles. The smallest absolute Gasteiger partial charge is 0.221 e. The van der Waals surface area contributed by atoms with Crippen molar-refractivity contribution < 1.29 is 9.53 Å². The molecule has 0 atom stereocenters. The molecule has 2 N–H and O–H groups in total. The molecule has 0 radical (unpaired) electrons. The molecule has 1 amide bonds. The molecule has 1 aromatic carbocycles. The van der Waals surface area contributed by atoms with Gasteiger partial charge in [-0.1, -0.05) is 18.2 Å². The topological polar surface area (TPSA) is 60.5 Å². The standard InChI is InChI=1S/C17H23N3O2/c18-17(21)12-14-13-20(16-5-2-1-4-15(14)16)7-3-6-19-8-10-22-11-9-19/h1-2,4-5,13H,3,6-12H2,(H2,18,21). The van der Waals surface area contributed by atoms with E-state index in [4.69, 9.17) is 10.5 Å². The second-order valence-electron chi connectivity index (χ2n) is 5.82. The summed E-state index contributed by atoms with van der Waals surface area (Å²) in [4.78, 5) is 13.7. The number of carbonyl (C=O) groups excluding carboxylic acids is 1. The molecule has 1 aliphatic rings. The Morgan fingerprint density at radius 3 is 2.73 bits per heavy atom. The second-order valence-corrected chi connectivity index (χ2v) is 5.82. The molecule has 0 spiro atoms. The molecule has 2 heterocycles. The van der Waals surface area contributed by atoms with E-state index in [0.717, 1.165) is 56.8 Å². The zero-order chi connectivity index (χ0) is 15.4. The molecule has 5 nitrogen and oxygen atoms in total. The zero-order valence-electron chi connectivity index (χ0n) is 12.8. The van der Waals surface area contributed by atoms with Crippen molar-refractivity contribution in [2.45, 2.75) is 19.4 Å². The van der Waals surface area contributed by atoms with Crippen LogP contribution >= 0.6 is 0 Å². The Balaban J connectivity index is 1.68. The fourth-order valence-electron chi connectivity index (χ4n) is 3.13. The molecule has 0 unspecified atom stereocenters. The summed E-state index contributed by atoms with van der Waals surface area (Å²) in [5, 5.41) is 1.13. The van der Waals surface area contributed by atoms with Crippen LogP contribution in [0.1, 0.15) is 12.0 Å². The number of ether oxygens (including phenoxy) is 1. The summed E-state index contributed by atoms with van der Waals surface area (Å²) >= 11 is 0. The first-order valence-electron chi connectivity index (χ1n) is 7.89. The van der Waals surface area contributed by atoms with Crippen LogP contribution in [-0.4, -0.2) is 48.2 Å². The van der Waals surface area contributed by atoms with Crippen LogP contribution in [0.2, 0.25) is 0 Å². The minimum Gasteiger partial charge on any atom is -0.379 e. The van der Waals surface area contributed by atoms with Gasteiger partial charge in [-0.2, -0.15) is 0 Å². The van der Waals surface area contributed by atoms with Crippen molar-refractivity contribution in [3.8, 4) is 0 Å². The summed E-state index contributed by atoms with van der Waals surface area (Å²) in [7, 11) is 0. The van der Waals surface area contributed by atoms with Crippen molar-refractivity contribution in [2.24, 2.45) is 5.73 Å². The van der Waals surface area contributed by atoms with Crippen LogP contribution in [0, 0.1) is 0 Å². The third-order valence-corrected chi connectivity index (χ3v) is 4.21. The van der Waals surface area contributed by atoms with E-state index in [2.05, 4.69) is 27.8 Å². The average Bonchev–Trinajstić information content (AvgIpc) is 2.86. The third-order valence-electron chi connectivity index (χ3n) is 4.21. The Labute approximate surface area is 130 Å². The molecule has 1 aromatic heterocycles. The highest BCUT2D eigenvalue weighted by Crippen LogP contribution is 2.22. The molecular formula is C17H23N3O2. The van der Waals surface area contributed by atoms with Gasteiger partial charge in [0.25, 0.3) is 0 Å². The molecule has 1 aliphatic heterocycles. The maximum Gasteiger partial charge on any atom is 0.221 e. The number of para-hydroxylation sites is 1. The molecule has 0 saturated carbocycles. The first kappa shape index (κ1) is 15.1. The lowest BCUT2D eigenvalue weighted by atomic mass is 10.1. The van der Waals surface area contributed by atoms with Gasteiger partial charge in [-0.05, 0) is 18.1 Å². The zero-order valence-corrected chi connectivity index (χ0v) is 12.8. The van der Waals surface area contributed by atoms with Gasteiger partial charge in [0.15, 0.2) is 0 Å². The van der Waals surface area contributed by atoms with Gasteiger partial charge in [0.2, 0.25) is 5.91 Å². The number of carbonyl (C=O) groups is 1. The molecule has 1 saturated heterocycles. The molecule has 22 heavy (non-hydrogen) atoms. The number of aryl methyl sites for hydroxylation is 1. The van der Waals surface area contributed by atoms with E-state index in [9.17, 15) is 4.79 Å². The van der Waals surface area contributed by atoms with Gasteiger partial charge in [0, 0.05) is 43.3 Å². The maximum atomic E-state index is 11.2. The lowest BCUT2D eigenvalue weighted by Crippen LogP contribution is -2.37. The largest absolute Gasteiger partial charge is 0.379 e. The fraction of sp³-hybridized carbons (Fsp3) is 0.471. The lowest BCUT2D eigenvalue weighted by molar-refractivity contribution is -0.117. The van der Waals surface area contributed by atoms with E-state index in [1.54, 1.807) is 0 Å². The van der Waals surface area contributed by atoms with E-state index in [1.807, 2.05) is 12.1 Å². The number of aromatic nitrogens is 1. The predicted molar refractivity (Wildman–Crippen MR) is 86.7 cm³/mol. The Hall–Kier alpha value is -1.85. The fourth-order valence-corrected chi connectivity index (χ4v) is 3.13. The van der Waals surface area contributed by atoms with Crippen molar-refractivity contribution in [3.05, 3.63) is 36.0 Å². The Bertz CT molecular complexity index is 644. The van der Waals surface area contributed by atoms with E-state index >= 15 is 0 Å². The van der Waals surface area contributed by atoms with Gasteiger partial charge in [0.05, 0.1) is 19.6 Å². The number of primary amides is 1. The molecule has 5 heteroatoms. The number of hydrogen-bond donors (Lipinski definition) is 1. The number of morpholine rings is 1. The first-order valence-corrected chi connectivity index (χ1v) is 7.89. The molecule has 2 aromatic rings. The summed E-state index contributed by atoms with van der Waals surface area (Å²) in [5.74, 6) is -0.281. The van der Waals surface area contributed by atoms with Crippen LogP contribution in [0.15, 0.2) is 30.5 Å². The lowest BCUT2D eigenvalue weighted by Gasteiger charge is -2.26. The highest BCUT2D eigenvalue weighted by molar-refractivity contribution is 5.88. The summed E-state index contributed by atoms with van der Waals surface area (Å²) < 4.78 is 7.62. The van der Waals surface area contributed by atoms with Crippen LogP contribution in [-0.2, 0) is 22.5 Å². The van der Waals surface area contributed by atoms with Gasteiger partial charge in [-0.25, -0.2) is 0 Å².